The fourth-order valence-electron chi connectivity index (χ4n) is 4.20. The van der Waals surface area contributed by atoms with E-state index in [1.54, 1.807) is 23.1 Å². The maximum Gasteiger partial charge on any atom is 0.274 e. The molecule has 1 amide bonds. The van der Waals surface area contributed by atoms with Crippen molar-refractivity contribution in [1.29, 1.82) is 0 Å². The quantitative estimate of drug-likeness (QED) is 0.389. The third-order valence-electron chi connectivity index (χ3n) is 5.79. The molecule has 3 heterocycles. The number of rotatable bonds is 4. The number of carbonyl (C=O) groups excluding carboxylic acids is 1. The maximum atomic E-state index is 13.6. The molecule has 0 bridgehead atoms. The van der Waals surface area contributed by atoms with Crippen LogP contribution in [0.15, 0.2) is 47.4 Å². The summed E-state index contributed by atoms with van der Waals surface area (Å²) >= 11 is 3.29. The Bertz CT molecular complexity index is 1260. The van der Waals surface area contributed by atoms with E-state index in [0.717, 1.165) is 51.7 Å². The Hall–Kier alpha value is -2.64. The van der Waals surface area contributed by atoms with Crippen molar-refractivity contribution in [3.63, 3.8) is 0 Å². The lowest BCUT2D eigenvalue weighted by atomic mass is 10.1. The second-order valence-corrected chi connectivity index (χ2v) is 10.0. The van der Waals surface area contributed by atoms with E-state index >= 15 is 0 Å². The first-order chi connectivity index (χ1) is 15.0. The number of carbonyl (C=O) groups is 1. The van der Waals surface area contributed by atoms with Crippen molar-refractivity contribution in [2.24, 2.45) is 0 Å². The first-order valence-electron chi connectivity index (χ1n) is 10.4. The van der Waals surface area contributed by atoms with E-state index in [1.165, 1.54) is 10.5 Å². The van der Waals surface area contributed by atoms with Crippen LogP contribution in [0.4, 0.5) is 0 Å². The van der Waals surface area contributed by atoms with Gasteiger partial charge in [0.05, 0.1) is 27.0 Å². The van der Waals surface area contributed by atoms with Crippen molar-refractivity contribution in [3.05, 3.63) is 64.6 Å². The molecule has 0 aliphatic carbocycles. The molecule has 0 saturated carbocycles. The molecule has 5 rings (SSSR count). The van der Waals surface area contributed by atoms with Gasteiger partial charge >= 0.3 is 0 Å². The highest BCUT2D eigenvalue weighted by molar-refractivity contribution is 7.98. The van der Waals surface area contributed by atoms with Crippen molar-refractivity contribution in [3.8, 4) is 10.4 Å². The number of benzene rings is 2. The molecule has 1 unspecified atom stereocenters. The summed E-state index contributed by atoms with van der Waals surface area (Å²) in [4.78, 5) is 30.7. The molecule has 1 aliphatic heterocycles. The third-order valence-corrected chi connectivity index (χ3v) is 7.53. The second-order valence-electron chi connectivity index (χ2n) is 7.94. The third kappa shape index (κ3) is 3.77. The summed E-state index contributed by atoms with van der Waals surface area (Å²) < 4.78 is 0. The molecule has 4 aromatic rings. The number of nitrogens with zero attached hydrogens (tertiary/aromatic N) is 3. The van der Waals surface area contributed by atoms with Crippen LogP contribution in [0.25, 0.3) is 21.5 Å². The minimum absolute atomic E-state index is 0.00677. The van der Waals surface area contributed by atoms with E-state index in [-0.39, 0.29) is 11.9 Å². The molecule has 1 N–H and O–H groups in total. The van der Waals surface area contributed by atoms with Gasteiger partial charge in [0.15, 0.2) is 0 Å². The Balaban J connectivity index is 1.49. The summed E-state index contributed by atoms with van der Waals surface area (Å²) in [6, 6.07) is 14.5. The molecule has 1 aliphatic rings. The number of hydrogen-bond acceptors (Lipinski definition) is 5. The van der Waals surface area contributed by atoms with Gasteiger partial charge in [-0.25, -0.2) is 9.97 Å². The molecule has 2 aromatic carbocycles. The number of H-pyrrole nitrogens is 1. The molecule has 1 atom stereocenters. The van der Waals surface area contributed by atoms with E-state index < -0.39 is 0 Å². The first kappa shape index (κ1) is 20.3. The van der Waals surface area contributed by atoms with E-state index in [4.69, 9.17) is 4.98 Å². The number of thioether (sulfide) groups is 1. The minimum Gasteiger partial charge on any atom is -0.340 e. The number of likely N-dealkylation sites (tertiary alicyclic amines) is 1. The molecule has 1 fully saturated rings. The highest BCUT2D eigenvalue weighted by Gasteiger charge is 2.35. The van der Waals surface area contributed by atoms with E-state index in [2.05, 4.69) is 59.5 Å². The van der Waals surface area contributed by atoms with Crippen LogP contribution in [0.5, 0.6) is 0 Å². The molecule has 7 heteroatoms. The van der Waals surface area contributed by atoms with Gasteiger partial charge < -0.3 is 9.88 Å². The highest BCUT2D eigenvalue weighted by atomic mass is 32.2. The number of thiazole rings is 1. The Kier molecular flexibility index (Phi) is 5.32. The van der Waals surface area contributed by atoms with Crippen LogP contribution in [0.1, 0.15) is 45.8 Å². The maximum absolute atomic E-state index is 13.6. The number of aryl methyl sites for hydroxylation is 2. The van der Waals surface area contributed by atoms with Gasteiger partial charge in [-0.15, -0.1) is 23.1 Å². The lowest BCUT2D eigenvalue weighted by Gasteiger charge is -2.22. The van der Waals surface area contributed by atoms with Gasteiger partial charge in [-0.2, -0.15) is 0 Å². The fraction of sp³-hybridized carbons (Fsp3) is 0.292. The predicted molar refractivity (Wildman–Crippen MR) is 128 cm³/mol. The minimum atomic E-state index is -0.0505. The van der Waals surface area contributed by atoms with Crippen LogP contribution in [0.2, 0.25) is 0 Å². The van der Waals surface area contributed by atoms with Crippen LogP contribution in [0.3, 0.4) is 0 Å². The van der Waals surface area contributed by atoms with Crippen molar-refractivity contribution in [2.45, 2.75) is 37.6 Å². The number of imidazole rings is 1. The standard InChI is InChI=1S/C24H24N4OS2/c1-14-6-8-16(9-7-14)22-21(25-15(2)31-22)24(29)28-12-4-5-20(28)23-26-18-11-10-17(30-3)13-19(18)27-23/h6-11,13,20H,4-5,12H2,1-3H3,(H,26,27). The van der Waals surface area contributed by atoms with Crippen LogP contribution in [-0.4, -0.2) is 38.6 Å². The summed E-state index contributed by atoms with van der Waals surface area (Å²) in [5, 5.41) is 0.906. The second kappa shape index (κ2) is 8.13. The number of aromatic amines is 1. The summed E-state index contributed by atoms with van der Waals surface area (Å²) in [7, 11) is 0. The Labute approximate surface area is 189 Å². The van der Waals surface area contributed by atoms with Crippen molar-refractivity contribution < 1.29 is 4.79 Å². The molecular weight excluding hydrogens is 424 g/mol. The largest absolute Gasteiger partial charge is 0.340 e. The zero-order chi connectivity index (χ0) is 21.5. The molecule has 0 spiro atoms. The summed E-state index contributed by atoms with van der Waals surface area (Å²) in [6.45, 7) is 4.75. The van der Waals surface area contributed by atoms with Crippen LogP contribution in [0, 0.1) is 13.8 Å². The van der Waals surface area contributed by atoms with E-state index in [0.29, 0.717) is 5.69 Å². The normalized spacial score (nSPS) is 16.4. The summed E-state index contributed by atoms with van der Waals surface area (Å²) in [5.41, 5.74) is 4.76. The summed E-state index contributed by atoms with van der Waals surface area (Å²) in [5.74, 6) is 0.857. The first-order valence-corrected chi connectivity index (χ1v) is 12.5. The predicted octanol–water partition coefficient (Wildman–Crippen LogP) is 6.00. The average Bonchev–Trinajstić information content (AvgIpc) is 3.50. The average molecular weight is 449 g/mol. The molecular formula is C24H24N4OS2. The lowest BCUT2D eigenvalue weighted by Crippen LogP contribution is -2.31. The topological polar surface area (TPSA) is 61.9 Å². The lowest BCUT2D eigenvalue weighted by molar-refractivity contribution is 0.0726. The van der Waals surface area contributed by atoms with Crippen molar-refractivity contribution >= 4 is 40.0 Å². The number of fused-ring (bicyclic) bond motifs is 1. The monoisotopic (exact) mass is 448 g/mol. The van der Waals surface area contributed by atoms with Gasteiger partial charge in [0, 0.05) is 11.4 Å². The Morgan fingerprint density at radius 3 is 2.74 bits per heavy atom. The molecule has 158 valence electrons. The number of hydrogen-bond donors (Lipinski definition) is 1. The van der Waals surface area contributed by atoms with Crippen LogP contribution < -0.4 is 0 Å². The number of aromatic nitrogens is 3. The number of nitrogens with one attached hydrogen (secondary N) is 1. The Morgan fingerprint density at radius 1 is 1.16 bits per heavy atom. The fourth-order valence-corrected chi connectivity index (χ4v) is 5.55. The van der Waals surface area contributed by atoms with Gasteiger partial charge in [0.1, 0.15) is 11.5 Å². The van der Waals surface area contributed by atoms with Gasteiger partial charge in [-0.3, -0.25) is 4.79 Å². The van der Waals surface area contributed by atoms with Crippen molar-refractivity contribution in [1.82, 2.24) is 19.9 Å². The van der Waals surface area contributed by atoms with Crippen LogP contribution >= 0.6 is 23.1 Å². The van der Waals surface area contributed by atoms with Gasteiger partial charge in [-0.1, -0.05) is 29.8 Å². The number of amides is 1. The molecule has 0 radical (unpaired) electrons. The molecule has 5 nitrogen and oxygen atoms in total. The summed E-state index contributed by atoms with van der Waals surface area (Å²) in [6.07, 6.45) is 3.94. The van der Waals surface area contributed by atoms with Gasteiger partial charge in [-0.05, 0) is 56.7 Å². The van der Waals surface area contributed by atoms with Gasteiger partial charge in [0.2, 0.25) is 0 Å². The van der Waals surface area contributed by atoms with Gasteiger partial charge in [0.25, 0.3) is 5.91 Å². The Morgan fingerprint density at radius 2 is 1.97 bits per heavy atom. The van der Waals surface area contributed by atoms with E-state index in [9.17, 15) is 4.79 Å². The zero-order valence-corrected chi connectivity index (χ0v) is 19.4. The smallest absolute Gasteiger partial charge is 0.274 e. The molecule has 31 heavy (non-hydrogen) atoms. The molecule has 1 saturated heterocycles. The molecule has 2 aromatic heterocycles. The van der Waals surface area contributed by atoms with Crippen LogP contribution in [-0.2, 0) is 0 Å². The van der Waals surface area contributed by atoms with E-state index in [1.807, 2.05) is 17.9 Å². The highest BCUT2D eigenvalue weighted by Crippen LogP contribution is 2.37. The zero-order valence-electron chi connectivity index (χ0n) is 17.8. The SMILES string of the molecule is CSc1ccc2nc(C3CCCN3C(=O)c3nc(C)sc3-c3ccc(C)cc3)[nH]c2c1. The van der Waals surface area contributed by atoms with Crippen molar-refractivity contribution in [2.75, 3.05) is 12.8 Å².